The lowest BCUT2D eigenvalue weighted by Gasteiger charge is -2.43. The van der Waals surface area contributed by atoms with Gasteiger partial charge in [-0.3, -0.25) is 0 Å². The number of aliphatic hydroxyl groups is 1. The molecule has 1 nitrogen and oxygen atoms in total. The van der Waals surface area contributed by atoms with Crippen molar-refractivity contribution in [2.45, 2.75) is 31.3 Å². The summed E-state index contributed by atoms with van der Waals surface area (Å²) < 4.78 is 0. The molecule has 66 valence electrons. The van der Waals surface area contributed by atoms with Crippen LogP contribution in [0.15, 0.2) is 24.8 Å². The topological polar surface area (TPSA) is 20.2 Å². The minimum atomic E-state index is -0.459. The van der Waals surface area contributed by atoms with Crippen LogP contribution in [0.25, 0.3) is 0 Å². The maximum absolute atomic E-state index is 10.2. The number of hydrogen-bond donors (Lipinski definition) is 1. The molecule has 1 N–H and O–H groups in total. The first-order chi connectivity index (χ1) is 5.74. The van der Waals surface area contributed by atoms with Gasteiger partial charge in [0.05, 0.1) is 5.60 Å². The maximum atomic E-state index is 10.2. The molecule has 1 heteroatoms. The molecule has 0 radical (unpaired) electrons. The molecule has 1 saturated carbocycles. The number of fused-ring (bicyclic) bond motifs is 2. The molecule has 2 aliphatic carbocycles. The molecule has 0 spiro atoms. The highest BCUT2D eigenvalue weighted by molar-refractivity contribution is 5.11. The van der Waals surface area contributed by atoms with Gasteiger partial charge in [-0.15, -0.1) is 6.58 Å². The molecule has 0 aromatic carbocycles. The first-order valence-corrected chi connectivity index (χ1v) is 4.76. The van der Waals surface area contributed by atoms with Crippen LogP contribution in [-0.2, 0) is 0 Å². The molecule has 0 unspecified atom stereocenters. The average molecular weight is 164 g/mol. The molecule has 0 aromatic heterocycles. The average Bonchev–Trinajstić information content (AvgIpc) is 2.04. The molecular weight excluding hydrogens is 148 g/mol. The van der Waals surface area contributed by atoms with Crippen molar-refractivity contribution < 1.29 is 5.11 Å². The first kappa shape index (κ1) is 8.06. The van der Waals surface area contributed by atoms with Gasteiger partial charge in [-0.1, -0.05) is 18.2 Å². The van der Waals surface area contributed by atoms with E-state index >= 15 is 0 Å². The summed E-state index contributed by atoms with van der Waals surface area (Å²) in [7, 11) is 0. The van der Waals surface area contributed by atoms with Gasteiger partial charge in [0.15, 0.2) is 0 Å². The van der Waals surface area contributed by atoms with Gasteiger partial charge in [0, 0.05) is 5.92 Å². The van der Waals surface area contributed by atoms with Crippen LogP contribution in [0, 0.1) is 11.8 Å². The van der Waals surface area contributed by atoms with E-state index < -0.39 is 5.60 Å². The third-order valence-electron chi connectivity index (χ3n) is 3.32. The van der Waals surface area contributed by atoms with Gasteiger partial charge >= 0.3 is 0 Å². The number of rotatable bonds is 1. The van der Waals surface area contributed by atoms with E-state index in [1.807, 2.05) is 6.08 Å². The second-order valence-corrected chi connectivity index (χ2v) is 4.12. The Morgan fingerprint density at radius 1 is 1.50 bits per heavy atom. The molecule has 12 heavy (non-hydrogen) atoms. The summed E-state index contributed by atoms with van der Waals surface area (Å²) in [5.74, 6) is 0.943. The fraction of sp³-hybridized carbons (Fsp3) is 0.636. The van der Waals surface area contributed by atoms with E-state index in [2.05, 4.69) is 18.7 Å². The lowest BCUT2D eigenvalue weighted by molar-refractivity contribution is -0.0441. The summed E-state index contributed by atoms with van der Waals surface area (Å²) in [5, 5.41) is 10.2. The summed E-state index contributed by atoms with van der Waals surface area (Å²) in [5.41, 5.74) is -0.459. The number of allylic oxidation sites excluding steroid dienone is 1. The van der Waals surface area contributed by atoms with Crippen molar-refractivity contribution >= 4 is 0 Å². The molecule has 0 aromatic rings. The van der Waals surface area contributed by atoms with Gasteiger partial charge in [-0.05, 0) is 31.6 Å². The van der Waals surface area contributed by atoms with Crippen molar-refractivity contribution in [2.24, 2.45) is 11.8 Å². The van der Waals surface area contributed by atoms with Crippen LogP contribution in [0.2, 0.25) is 0 Å². The van der Waals surface area contributed by atoms with Crippen LogP contribution in [0.5, 0.6) is 0 Å². The molecule has 0 heterocycles. The molecule has 0 aliphatic heterocycles. The van der Waals surface area contributed by atoms with Crippen molar-refractivity contribution in [1.29, 1.82) is 0 Å². The Labute approximate surface area is 73.8 Å². The normalized spacial score (nSPS) is 45.8. The Morgan fingerprint density at radius 2 is 2.33 bits per heavy atom. The van der Waals surface area contributed by atoms with Gasteiger partial charge < -0.3 is 5.11 Å². The van der Waals surface area contributed by atoms with E-state index in [1.54, 1.807) is 0 Å². The Morgan fingerprint density at radius 3 is 3.08 bits per heavy atom. The SMILES string of the molecule is C=C[C@H]1CC[C@H]2C=CC[C@]1(O)C2. The highest BCUT2D eigenvalue weighted by atomic mass is 16.3. The second-order valence-electron chi connectivity index (χ2n) is 4.12. The zero-order chi connectivity index (χ0) is 8.60. The van der Waals surface area contributed by atoms with E-state index in [0.29, 0.717) is 11.8 Å². The Kier molecular flexibility index (Phi) is 1.84. The molecule has 0 saturated heterocycles. The Hall–Kier alpha value is -0.560. The molecule has 3 atom stereocenters. The van der Waals surface area contributed by atoms with E-state index in [4.69, 9.17) is 0 Å². The van der Waals surface area contributed by atoms with Crippen molar-refractivity contribution in [3.63, 3.8) is 0 Å². The molecule has 2 aliphatic rings. The minimum Gasteiger partial charge on any atom is -0.389 e. The number of hydrogen-bond acceptors (Lipinski definition) is 1. The van der Waals surface area contributed by atoms with Crippen LogP contribution >= 0.6 is 0 Å². The van der Waals surface area contributed by atoms with Crippen LogP contribution in [-0.4, -0.2) is 10.7 Å². The molecule has 0 amide bonds. The molecular formula is C11H16O. The fourth-order valence-electron chi connectivity index (χ4n) is 2.57. The van der Waals surface area contributed by atoms with Gasteiger partial charge in [0.2, 0.25) is 0 Å². The van der Waals surface area contributed by atoms with Crippen LogP contribution in [0.1, 0.15) is 25.7 Å². The summed E-state index contributed by atoms with van der Waals surface area (Å²) in [6.45, 7) is 3.79. The summed E-state index contributed by atoms with van der Waals surface area (Å²) in [6.07, 6.45) is 10.4. The Bertz CT molecular complexity index is 219. The maximum Gasteiger partial charge on any atom is 0.0749 e. The standard InChI is InChI=1S/C11H16O/c1-2-10-6-5-9-4-3-7-11(10,12)8-9/h2-4,9-10,12H,1,5-8H2/t9-,10+,11+/m1/s1. The predicted octanol–water partition coefficient (Wildman–Crippen LogP) is 2.28. The van der Waals surface area contributed by atoms with Gasteiger partial charge in [-0.25, -0.2) is 0 Å². The molecule has 1 fully saturated rings. The van der Waals surface area contributed by atoms with Crippen molar-refractivity contribution in [3.05, 3.63) is 24.8 Å². The van der Waals surface area contributed by atoms with Crippen molar-refractivity contribution in [3.8, 4) is 0 Å². The third-order valence-corrected chi connectivity index (χ3v) is 3.32. The van der Waals surface area contributed by atoms with E-state index in [0.717, 1.165) is 19.3 Å². The van der Waals surface area contributed by atoms with Crippen molar-refractivity contribution in [1.82, 2.24) is 0 Å². The molecule has 2 rings (SSSR count). The van der Waals surface area contributed by atoms with Crippen molar-refractivity contribution in [2.75, 3.05) is 0 Å². The zero-order valence-electron chi connectivity index (χ0n) is 7.37. The van der Waals surface area contributed by atoms with E-state index in [1.165, 1.54) is 6.42 Å². The fourth-order valence-corrected chi connectivity index (χ4v) is 2.57. The smallest absolute Gasteiger partial charge is 0.0749 e. The zero-order valence-corrected chi connectivity index (χ0v) is 7.37. The summed E-state index contributed by atoms with van der Waals surface area (Å²) in [4.78, 5) is 0. The van der Waals surface area contributed by atoms with E-state index in [9.17, 15) is 5.11 Å². The van der Waals surface area contributed by atoms with Crippen LogP contribution in [0.4, 0.5) is 0 Å². The van der Waals surface area contributed by atoms with E-state index in [-0.39, 0.29) is 0 Å². The third kappa shape index (κ3) is 1.13. The monoisotopic (exact) mass is 164 g/mol. The first-order valence-electron chi connectivity index (χ1n) is 4.76. The highest BCUT2D eigenvalue weighted by Gasteiger charge is 2.41. The van der Waals surface area contributed by atoms with Crippen LogP contribution in [0.3, 0.4) is 0 Å². The predicted molar refractivity (Wildman–Crippen MR) is 49.7 cm³/mol. The minimum absolute atomic E-state index is 0.318. The highest BCUT2D eigenvalue weighted by Crippen LogP contribution is 2.43. The lowest BCUT2D eigenvalue weighted by Crippen LogP contribution is -2.43. The van der Waals surface area contributed by atoms with Gasteiger partial charge in [0.1, 0.15) is 0 Å². The molecule has 2 bridgehead atoms. The Balaban J connectivity index is 2.23. The second kappa shape index (κ2) is 2.74. The van der Waals surface area contributed by atoms with Crippen LogP contribution < -0.4 is 0 Å². The largest absolute Gasteiger partial charge is 0.389 e. The van der Waals surface area contributed by atoms with Gasteiger partial charge in [0.25, 0.3) is 0 Å². The summed E-state index contributed by atoms with van der Waals surface area (Å²) >= 11 is 0. The summed E-state index contributed by atoms with van der Waals surface area (Å²) in [6, 6.07) is 0. The quantitative estimate of drug-likeness (QED) is 0.589. The lowest BCUT2D eigenvalue weighted by atomic mass is 9.66. The van der Waals surface area contributed by atoms with Gasteiger partial charge in [-0.2, -0.15) is 0 Å².